The molecule has 7 N–H and O–H groups in total. The maximum absolute atomic E-state index is 10.2. The average molecular weight is 356 g/mol. The lowest BCUT2D eigenvalue weighted by atomic mass is 9.99. The first-order chi connectivity index (χ1) is 11.3. The second kappa shape index (κ2) is 8.29. The molecule has 142 valence electrons. The van der Waals surface area contributed by atoms with E-state index in [2.05, 4.69) is 0 Å². The van der Waals surface area contributed by atoms with E-state index in [4.69, 9.17) is 24.1 Å². The standard InChI is InChI=1S/C13H24O11/c1-21-3-5-6(16)11(9(19)12(20)22-5)24-13-8(18)7(17)10(23-13)4(15)2-14/h4-20H,2-3H2,1H3/t4-,5-,6-,7+,8-,9+,10+,11-,12+,13+/m1/s1. The van der Waals surface area contributed by atoms with Gasteiger partial charge in [-0.15, -0.1) is 0 Å². The first kappa shape index (κ1) is 19.9. The molecule has 0 aromatic heterocycles. The third kappa shape index (κ3) is 3.86. The van der Waals surface area contributed by atoms with Crippen molar-refractivity contribution in [2.24, 2.45) is 0 Å². The van der Waals surface area contributed by atoms with Crippen molar-refractivity contribution in [2.45, 2.75) is 61.4 Å². The van der Waals surface area contributed by atoms with E-state index < -0.39 is 68.0 Å². The fraction of sp³-hybridized carbons (Fsp3) is 1.00. The average Bonchev–Trinajstić information content (AvgIpc) is 2.84. The number of ether oxygens (including phenoxy) is 4. The molecule has 0 unspecified atom stereocenters. The van der Waals surface area contributed by atoms with Crippen LogP contribution >= 0.6 is 0 Å². The minimum absolute atomic E-state index is 0.0899. The van der Waals surface area contributed by atoms with Gasteiger partial charge in [0.05, 0.1) is 13.2 Å². The van der Waals surface area contributed by atoms with Gasteiger partial charge in [-0.05, 0) is 0 Å². The zero-order valence-electron chi connectivity index (χ0n) is 13.0. The topological polar surface area (TPSA) is 179 Å². The van der Waals surface area contributed by atoms with Gasteiger partial charge in [0, 0.05) is 7.11 Å². The Morgan fingerprint density at radius 1 is 0.958 bits per heavy atom. The Balaban J connectivity index is 2.07. The van der Waals surface area contributed by atoms with Crippen molar-refractivity contribution in [1.82, 2.24) is 0 Å². The van der Waals surface area contributed by atoms with E-state index in [-0.39, 0.29) is 6.61 Å². The highest BCUT2D eigenvalue weighted by Gasteiger charge is 2.51. The number of aliphatic hydroxyl groups is 7. The van der Waals surface area contributed by atoms with Gasteiger partial charge in [-0.1, -0.05) is 0 Å². The summed E-state index contributed by atoms with van der Waals surface area (Å²) >= 11 is 0. The van der Waals surface area contributed by atoms with Crippen LogP contribution in [-0.4, -0.2) is 117 Å². The summed E-state index contributed by atoms with van der Waals surface area (Å²) in [4.78, 5) is 0. The SMILES string of the molecule is COC[C@H]1O[C@H](O)[C@@H](O)[C@H](O[C@@H]2O[C@@H]([C@H](O)CO)[C@@H](O)[C@H]2O)[C@@H]1O. The van der Waals surface area contributed by atoms with E-state index in [9.17, 15) is 30.6 Å². The van der Waals surface area contributed by atoms with Crippen molar-refractivity contribution in [3.63, 3.8) is 0 Å². The second-order valence-electron chi connectivity index (χ2n) is 5.80. The van der Waals surface area contributed by atoms with E-state index in [1.807, 2.05) is 0 Å². The predicted octanol–water partition coefficient (Wildman–Crippen LogP) is -4.74. The molecule has 2 aliphatic rings. The number of hydrogen-bond acceptors (Lipinski definition) is 11. The Morgan fingerprint density at radius 3 is 2.21 bits per heavy atom. The highest BCUT2D eigenvalue weighted by atomic mass is 16.7. The third-order valence-electron chi connectivity index (χ3n) is 4.11. The van der Waals surface area contributed by atoms with E-state index >= 15 is 0 Å². The molecule has 2 rings (SSSR count). The first-order valence-corrected chi connectivity index (χ1v) is 7.46. The fourth-order valence-corrected chi connectivity index (χ4v) is 2.74. The van der Waals surface area contributed by atoms with E-state index in [1.165, 1.54) is 7.11 Å². The molecule has 0 amide bonds. The highest BCUT2D eigenvalue weighted by Crippen LogP contribution is 2.30. The van der Waals surface area contributed by atoms with E-state index in [0.29, 0.717) is 0 Å². The Kier molecular flexibility index (Phi) is 6.87. The van der Waals surface area contributed by atoms with Gasteiger partial charge in [0.15, 0.2) is 12.6 Å². The van der Waals surface area contributed by atoms with Crippen LogP contribution in [0.15, 0.2) is 0 Å². The van der Waals surface area contributed by atoms with Gasteiger partial charge in [0.1, 0.15) is 48.8 Å². The van der Waals surface area contributed by atoms with Gasteiger partial charge >= 0.3 is 0 Å². The third-order valence-corrected chi connectivity index (χ3v) is 4.11. The molecule has 11 heteroatoms. The van der Waals surface area contributed by atoms with Crippen LogP contribution in [0, 0.1) is 0 Å². The van der Waals surface area contributed by atoms with Crippen LogP contribution < -0.4 is 0 Å². The van der Waals surface area contributed by atoms with Crippen LogP contribution in [0.4, 0.5) is 0 Å². The van der Waals surface area contributed by atoms with Gasteiger partial charge in [-0.3, -0.25) is 0 Å². The van der Waals surface area contributed by atoms with Crippen LogP contribution in [-0.2, 0) is 18.9 Å². The minimum Gasteiger partial charge on any atom is -0.394 e. The molecule has 2 heterocycles. The summed E-state index contributed by atoms with van der Waals surface area (Å²) in [6.45, 7) is -0.800. The molecule has 2 fully saturated rings. The fourth-order valence-electron chi connectivity index (χ4n) is 2.74. The smallest absolute Gasteiger partial charge is 0.187 e. The van der Waals surface area contributed by atoms with Crippen LogP contribution in [0.1, 0.15) is 0 Å². The number of aliphatic hydroxyl groups excluding tert-OH is 7. The molecule has 0 bridgehead atoms. The molecule has 0 aromatic carbocycles. The Hall–Kier alpha value is -0.440. The number of methoxy groups -OCH3 is 1. The van der Waals surface area contributed by atoms with Crippen LogP contribution in [0.25, 0.3) is 0 Å². The van der Waals surface area contributed by atoms with Gasteiger partial charge in [0.2, 0.25) is 0 Å². The minimum atomic E-state index is -1.67. The lowest BCUT2D eigenvalue weighted by Crippen LogP contribution is -2.60. The molecule has 2 saturated heterocycles. The maximum atomic E-state index is 10.2. The summed E-state index contributed by atoms with van der Waals surface area (Å²) in [7, 11) is 1.35. The quantitative estimate of drug-likeness (QED) is 0.243. The molecule has 0 saturated carbocycles. The van der Waals surface area contributed by atoms with Gasteiger partial charge in [-0.2, -0.15) is 0 Å². The van der Waals surface area contributed by atoms with Crippen LogP contribution in [0.5, 0.6) is 0 Å². The molecule has 10 atom stereocenters. The summed E-state index contributed by atoms with van der Waals surface area (Å²) in [6.07, 6.45) is -14.6. The molecule has 0 aliphatic carbocycles. The Morgan fingerprint density at radius 2 is 1.62 bits per heavy atom. The molecular formula is C13H24O11. The Bertz CT molecular complexity index is 396. The zero-order chi connectivity index (χ0) is 18.0. The molecule has 2 aliphatic heterocycles. The van der Waals surface area contributed by atoms with Crippen molar-refractivity contribution in [2.75, 3.05) is 20.3 Å². The monoisotopic (exact) mass is 356 g/mol. The largest absolute Gasteiger partial charge is 0.394 e. The van der Waals surface area contributed by atoms with Gasteiger partial charge in [0.25, 0.3) is 0 Å². The summed E-state index contributed by atoms with van der Waals surface area (Å²) in [6, 6.07) is 0. The molecule has 0 spiro atoms. The van der Waals surface area contributed by atoms with Crippen molar-refractivity contribution in [1.29, 1.82) is 0 Å². The van der Waals surface area contributed by atoms with Crippen LogP contribution in [0.3, 0.4) is 0 Å². The summed E-state index contributed by atoms with van der Waals surface area (Å²) in [5.74, 6) is 0. The molecular weight excluding hydrogens is 332 g/mol. The Labute approximate surface area is 137 Å². The van der Waals surface area contributed by atoms with Crippen molar-refractivity contribution in [3.05, 3.63) is 0 Å². The predicted molar refractivity (Wildman–Crippen MR) is 73.4 cm³/mol. The van der Waals surface area contributed by atoms with Gasteiger partial charge in [-0.25, -0.2) is 0 Å². The number of hydrogen-bond donors (Lipinski definition) is 7. The van der Waals surface area contributed by atoms with Crippen molar-refractivity contribution in [3.8, 4) is 0 Å². The van der Waals surface area contributed by atoms with Crippen molar-refractivity contribution >= 4 is 0 Å². The lowest BCUT2D eigenvalue weighted by molar-refractivity contribution is -0.322. The highest BCUT2D eigenvalue weighted by molar-refractivity contribution is 4.94. The zero-order valence-corrected chi connectivity index (χ0v) is 13.0. The number of rotatable bonds is 6. The normalized spacial score (nSPS) is 47.8. The van der Waals surface area contributed by atoms with E-state index in [0.717, 1.165) is 0 Å². The molecule has 0 aromatic rings. The van der Waals surface area contributed by atoms with Crippen molar-refractivity contribution < 1.29 is 54.7 Å². The molecule has 11 nitrogen and oxygen atoms in total. The summed E-state index contributed by atoms with van der Waals surface area (Å²) in [5, 5.41) is 68.1. The first-order valence-electron chi connectivity index (χ1n) is 7.46. The lowest BCUT2D eigenvalue weighted by Gasteiger charge is -2.41. The molecule has 0 radical (unpaired) electrons. The second-order valence-corrected chi connectivity index (χ2v) is 5.80. The molecule has 24 heavy (non-hydrogen) atoms. The van der Waals surface area contributed by atoms with E-state index in [1.54, 1.807) is 0 Å². The van der Waals surface area contributed by atoms with Crippen LogP contribution in [0.2, 0.25) is 0 Å². The summed E-state index contributed by atoms with van der Waals surface area (Å²) in [5.41, 5.74) is 0. The van der Waals surface area contributed by atoms with Gasteiger partial charge < -0.3 is 54.7 Å². The maximum Gasteiger partial charge on any atom is 0.187 e. The summed E-state index contributed by atoms with van der Waals surface area (Å²) < 4.78 is 20.3.